The molecule has 0 fully saturated rings. The van der Waals surface area contributed by atoms with Crippen molar-refractivity contribution in [1.82, 2.24) is 0 Å². The zero-order valence-corrected chi connectivity index (χ0v) is 11.3. The summed E-state index contributed by atoms with van der Waals surface area (Å²) in [4.78, 5) is 0. The molecular formula is C16H17NO3. The van der Waals surface area contributed by atoms with Gasteiger partial charge in [0, 0.05) is 12.1 Å². The van der Waals surface area contributed by atoms with Gasteiger partial charge >= 0.3 is 0 Å². The minimum Gasteiger partial charge on any atom is -0.457 e. The highest BCUT2D eigenvalue weighted by Crippen LogP contribution is 2.36. The molecule has 0 spiro atoms. The van der Waals surface area contributed by atoms with Crippen molar-refractivity contribution in [2.45, 2.75) is 19.4 Å². The van der Waals surface area contributed by atoms with Crippen LogP contribution >= 0.6 is 0 Å². The Morgan fingerprint density at radius 1 is 1.10 bits per heavy atom. The first-order valence-corrected chi connectivity index (χ1v) is 6.69. The smallest absolute Gasteiger partial charge is 0.231 e. The SMILES string of the molecule is CCC(N)c1cccc(Oc2ccc3c(c2)OCO3)c1. The van der Waals surface area contributed by atoms with E-state index < -0.39 is 0 Å². The Balaban J connectivity index is 1.81. The number of fused-ring (bicyclic) bond motifs is 1. The first-order valence-electron chi connectivity index (χ1n) is 6.69. The molecule has 1 aliphatic heterocycles. The van der Waals surface area contributed by atoms with Crippen LogP contribution in [0, 0.1) is 0 Å². The van der Waals surface area contributed by atoms with Crippen LogP contribution in [0.25, 0.3) is 0 Å². The Labute approximate surface area is 118 Å². The third-order valence-electron chi connectivity index (χ3n) is 3.31. The number of rotatable bonds is 4. The van der Waals surface area contributed by atoms with Gasteiger partial charge in [0.1, 0.15) is 11.5 Å². The fourth-order valence-electron chi connectivity index (χ4n) is 2.12. The lowest BCUT2D eigenvalue weighted by molar-refractivity contribution is 0.174. The fourth-order valence-corrected chi connectivity index (χ4v) is 2.12. The van der Waals surface area contributed by atoms with Gasteiger partial charge in [-0.15, -0.1) is 0 Å². The molecular weight excluding hydrogens is 254 g/mol. The predicted molar refractivity (Wildman–Crippen MR) is 76.3 cm³/mol. The standard InChI is InChI=1S/C16H17NO3/c1-2-14(17)11-4-3-5-12(8-11)20-13-6-7-15-16(9-13)19-10-18-15/h3-9,14H,2,10,17H2,1H3. The monoisotopic (exact) mass is 271 g/mol. The molecule has 4 heteroatoms. The molecule has 2 aromatic rings. The lowest BCUT2D eigenvalue weighted by Gasteiger charge is -2.12. The van der Waals surface area contributed by atoms with Crippen LogP contribution in [-0.4, -0.2) is 6.79 Å². The number of benzene rings is 2. The Morgan fingerprint density at radius 2 is 1.90 bits per heavy atom. The molecule has 0 saturated carbocycles. The summed E-state index contributed by atoms with van der Waals surface area (Å²) in [5.74, 6) is 2.95. The fraction of sp³-hybridized carbons (Fsp3) is 0.250. The maximum Gasteiger partial charge on any atom is 0.231 e. The van der Waals surface area contributed by atoms with Gasteiger partial charge in [0.05, 0.1) is 0 Å². The van der Waals surface area contributed by atoms with Gasteiger partial charge in [-0.25, -0.2) is 0 Å². The molecule has 0 amide bonds. The Bertz CT molecular complexity index is 612. The second-order valence-electron chi connectivity index (χ2n) is 4.70. The lowest BCUT2D eigenvalue weighted by atomic mass is 10.1. The molecule has 1 atom stereocenters. The first-order chi connectivity index (χ1) is 9.76. The summed E-state index contributed by atoms with van der Waals surface area (Å²) >= 11 is 0. The summed E-state index contributed by atoms with van der Waals surface area (Å²) in [5.41, 5.74) is 7.11. The average molecular weight is 271 g/mol. The molecule has 2 N–H and O–H groups in total. The third kappa shape index (κ3) is 2.56. The summed E-state index contributed by atoms with van der Waals surface area (Å²) < 4.78 is 16.5. The minimum absolute atomic E-state index is 0.0373. The van der Waals surface area contributed by atoms with Crippen molar-refractivity contribution >= 4 is 0 Å². The van der Waals surface area contributed by atoms with Crippen LogP contribution in [-0.2, 0) is 0 Å². The quantitative estimate of drug-likeness (QED) is 0.922. The van der Waals surface area contributed by atoms with E-state index >= 15 is 0 Å². The highest BCUT2D eigenvalue weighted by molar-refractivity contribution is 5.48. The van der Waals surface area contributed by atoms with E-state index in [1.165, 1.54) is 0 Å². The molecule has 0 saturated heterocycles. The molecule has 0 radical (unpaired) electrons. The van der Waals surface area contributed by atoms with Gasteiger partial charge in [-0.1, -0.05) is 19.1 Å². The van der Waals surface area contributed by atoms with Gasteiger partial charge in [0.15, 0.2) is 11.5 Å². The van der Waals surface area contributed by atoms with Crippen molar-refractivity contribution in [3.05, 3.63) is 48.0 Å². The number of nitrogens with two attached hydrogens (primary N) is 1. The third-order valence-corrected chi connectivity index (χ3v) is 3.31. The van der Waals surface area contributed by atoms with Crippen molar-refractivity contribution < 1.29 is 14.2 Å². The number of ether oxygens (including phenoxy) is 3. The van der Waals surface area contributed by atoms with Crippen LogP contribution in [0.1, 0.15) is 24.9 Å². The van der Waals surface area contributed by atoms with Crippen LogP contribution in [0.2, 0.25) is 0 Å². The molecule has 4 nitrogen and oxygen atoms in total. The molecule has 2 aromatic carbocycles. The van der Waals surface area contributed by atoms with Crippen molar-refractivity contribution in [3.63, 3.8) is 0 Å². The van der Waals surface area contributed by atoms with Gasteiger partial charge in [0.25, 0.3) is 0 Å². The van der Waals surface area contributed by atoms with E-state index in [0.717, 1.165) is 29.2 Å². The molecule has 20 heavy (non-hydrogen) atoms. The number of hydrogen-bond donors (Lipinski definition) is 1. The molecule has 3 rings (SSSR count). The van der Waals surface area contributed by atoms with Crippen LogP contribution in [0.15, 0.2) is 42.5 Å². The van der Waals surface area contributed by atoms with Crippen molar-refractivity contribution in [3.8, 4) is 23.0 Å². The highest BCUT2D eigenvalue weighted by Gasteiger charge is 2.14. The number of hydrogen-bond acceptors (Lipinski definition) is 4. The lowest BCUT2D eigenvalue weighted by Crippen LogP contribution is -2.08. The highest BCUT2D eigenvalue weighted by atomic mass is 16.7. The Kier molecular flexibility index (Phi) is 3.48. The maximum atomic E-state index is 6.04. The summed E-state index contributed by atoms with van der Waals surface area (Å²) in [6, 6.07) is 13.4. The molecule has 0 aliphatic carbocycles. The van der Waals surface area contributed by atoms with Crippen LogP contribution in [0.3, 0.4) is 0 Å². The van der Waals surface area contributed by atoms with E-state index in [1.807, 2.05) is 42.5 Å². The largest absolute Gasteiger partial charge is 0.457 e. The summed E-state index contributed by atoms with van der Waals surface area (Å²) in [6.45, 7) is 2.33. The van der Waals surface area contributed by atoms with Crippen molar-refractivity contribution in [2.24, 2.45) is 5.73 Å². The molecule has 104 valence electrons. The summed E-state index contributed by atoms with van der Waals surface area (Å²) in [5, 5.41) is 0. The van der Waals surface area contributed by atoms with Crippen LogP contribution in [0.5, 0.6) is 23.0 Å². The Hall–Kier alpha value is -2.20. The topological polar surface area (TPSA) is 53.7 Å². The van der Waals surface area contributed by atoms with Gasteiger partial charge in [0.2, 0.25) is 6.79 Å². The van der Waals surface area contributed by atoms with Gasteiger partial charge in [-0.05, 0) is 36.2 Å². The second kappa shape index (κ2) is 5.43. The van der Waals surface area contributed by atoms with Crippen LogP contribution in [0.4, 0.5) is 0 Å². The van der Waals surface area contributed by atoms with Crippen molar-refractivity contribution in [1.29, 1.82) is 0 Å². The maximum absolute atomic E-state index is 6.04. The zero-order chi connectivity index (χ0) is 13.9. The minimum atomic E-state index is 0.0373. The summed E-state index contributed by atoms with van der Waals surface area (Å²) in [7, 11) is 0. The van der Waals surface area contributed by atoms with Crippen molar-refractivity contribution in [2.75, 3.05) is 6.79 Å². The first kappa shape index (κ1) is 12.8. The van der Waals surface area contributed by atoms with Gasteiger partial charge in [-0.2, -0.15) is 0 Å². The summed E-state index contributed by atoms with van der Waals surface area (Å²) in [6.07, 6.45) is 0.896. The van der Waals surface area contributed by atoms with E-state index in [2.05, 4.69) is 6.92 Å². The van der Waals surface area contributed by atoms with E-state index in [4.69, 9.17) is 19.9 Å². The zero-order valence-electron chi connectivity index (χ0n) is 11.3. The normalized spacial score (nSPS) is 14.1. The molecule has 1 unspecified atom stereocenters. The van der Waals surface area contributed by atoms with E-state index in [9.17, 15) is 0 Å². The molecule has 1 aliphatic rings. The van der Waals surface area contributed by atoms with Crippen LogP contribution < -0.4 is 19.9 Å². The van der Waals surface area contributed by atoms with Gasteiger partial charge < -0.3 is 19.9 Å². The van der Waals surface area contributed by atoms with Gasteiger partial charge in [-0.3, -0.25) is 0 Å². The van der Waals surface area contributed by atoms with E-state index in [1.54, 1.807) is 0 Å². The molecule has 1 heterocycles. The second-order valence-corrected chi connectivity index (χ2v) is 4.70. The Morgan fingerprint density at radius 3 is 2.75 bits per heavy atom. The molecule has 0 bridgehead atoms. The predicted octanol–water partition coefficient (Wildman–Crippen LogP) is 3.62. The average Bonchev–Trinajstić information content (AvgIpc) is 2.94. The van der Waals surface area contributed by atoms with E-state index in [0.29, 0.717) is 5.75 Å². The van der Waals surface area contributed by atoms with E-state index in [-0.39, 0.29) is 12.8 Å². The molecule has 0 aromatic heterocycles.